The van der Waals surface area contributed by atoms with Gasteiger partial charge in [0.2, 0.25) is 0 Å². The molecule has 3 nitrogen and oxygen atoms in total. The largest absolute Gasteiger partial charge is 0.485 e. The first-order valence-corrected chi connectivity index (χ1v) is 13.0. The molecule has 0 aliphatic heterocycles. The molecule has 0 aliphatic rings. The van der Waals surface area contributed by atoms with Gasteiger partial charge in [0, 0.05) is 0 Å². The molecule has 150 valence electrons. The quantitative estimate of drug-likeness (QED) is 0.174. The van der Waals surface area contributed by atoms with E-state index in [0.717, 1.165) is 0 Å². The Bertz CT molecular complexity index is 475. The Labute approximate surface area is 162 Å². The van der Waals surface area contributed by atoms with E-state index in [-0.39, 0.29) is 5.57 Å². The van der Waals surface area contributed by atoms with Crippen LogP contribution < -0.4 is 0 Å². The lowest BCUT2D eigenvalue weighted by Crippen LogP contribution is -2.32. The molecule has 0 heterocycles. The third-order valence-corrected chi connectivity index (χ3v) is 9.28. The Morgan fingerprint density at radius 2 is 1.46 bits per heavy atom. The standard InChI is InChI=1S/C22H40O3Si/c1-7-10-14-26(15-11-8-2,16-12-9-3)17-13-21(20(6)22(23)24)25-18-19(4)5/h19H,7-12,14-16,18H2,1-6H3,(H,23,24)/b21-20+. The molecule has 0 aromatic rings. The number of hydrogen-bond acceptors (Lipinski definition) is 2. The van der Waals surface area contributed by atoms with Crippen LogP contribution >= 0.6 is 0 Å². The lowest BCUT2D eigenvalue weighted by atomic mass is 10.2. The normalized spacial score (nSPS) is 12.4. The van der Waals surface area contributed by atoms with E-state index >= 15 is 0 Å². The molecular formula is C22H40O3Si. The highest BCUT2D eigenvalue weighted by atomic mass is 28.3. The van der Waals surface area contributed by atoms with Crippen molar-refractivity contribution in [2.75, 3.05) is 6.61 Å². The van der Waals surface area contributed by atoms with Gasteiger partial charge >= 0.3 is 5.97 Å². The minimum atomic E-state index is -1.73. The maximum Gasteiger partial charge on any atom is 0.335 e. The molecule has 0 fully saturated rings. The summed E-state index contributed by atoms with van der Waals surface area (Å²) in [5, 5.41) is 9.38. The number of aliphatic carboxylic acids is 1. The monoisotopic (exact) mass is 380 g/mol. The van der Waals surface area contributed by atoms with Crippen LogP contribution in [-0.2, 0) is 9.53 Å². The summed E-state index contributed by atoms with van der Waals surface area (Å²) in [6.45, 7) is 12.9. The van der Waals surface area contributed by atoms with Crippen LogP contribution in [0.15, 0.2) is 11.3 Å². The third-order valence-electron chi connectivity index (χ3n) is 4.69. The number of carbonyl (C=O) groups is 1. The zero-order valence-electron chi connectivity index (χ0n) is 17.9. The number of unbranched alkanes of at least 4 members (excludes halogenated alkanes) is 3. The van der Waals surface area contributed by atoms with Crippen molar-refractivity contribution >= 4 is 14.0 Å². The van der Waals surface area contributed by atoms with E-state index in [9.17, 15) is 9.90 Å². The minimum absolute atomic E-state index is 0.225. The first-order valence-electron chi connectivity index (χ1n) is 10.4. The Hall–Kier alpha value is -1.21. The number of allylic oxidation sites excluding steroid dienone is 1. The molecule has 0 bridgehead atoms. The summed E-state index contributed by atoms with van der Waals surface area (Å²) in [4.78, 5) is 11.4. The van der Waals surface area contributed by atoms with Gasteiger partial charge in [-0.25, -0.2) is 4.79 Å². The van der Waals surface area contributed by atoms with Crippen molar-refractivity contribution in [3.05, 3.63) is 11.3 Å². The van der Waals surface area contributed by atoms with E-state index in [2.05, 4.69) is 46.1 Å². The zero-order chi connectivity index (χ0) is 20.0. The van der Waals surface area contributed by atoms with Crippen molar-refractivity contribution in [2.24, 2.45) is 5.92 Å². The Kier molecular flexibility index (Phi) is 13.3. The Balaban J connectivity index is 5.76. The molecule has 0 rings (SSSR count). The summed E-state index contributed by atoms with van der Waals surface area (Å²) >= 11 is 0. The van der Waals surface area contributed by atoms with Crippen molar-refractivity contribution < 1.29 is 14.6 Å². The van der Waals surface area contributed by atoms with E-state index in [1.54, 1.807) is 6.92 Å². The second kappa shape index (κ2) is 13.9. The average Bonchev–Trinajstić information content (AvgIpc) is 2.61. The highest BCUT2D eigenvalue weighted by Gasteiger charge is 2.29. The van der Waals surface area contributed by atoms with Gasteiger partial charge in [0.15, 0.2) is 5.76 Å². The molecule has 0 amide bonds. The van der Waals surface area contributed by atoms with Gasteiger partial charge in [0.1, 0.15) is 8.07 Å². The highest BCUT2D eigenvalue weighted by molar-refractivity contribution is 6.87. The summed E-state index contributed by atoms with van der Waals surface area (Å²) < 4.78 is 5.78. The number of ether oxygens (including phenoxy) is 1. The van der Waals surface area contributed by atoms with E-state index in [1.807, 2.05) is 0 Å². The van der Waals surface area contributed by atoms with Gasteiger partial charge in [-0.05, 0) is 36.9 Å². The van der Waals surface area contributed by atoms with Gasteiger partial charge in [0.25, 0.3) is 0 Å². The van der Waals surface area contributed by atoms with Crippen molar-refractivity contribution in [3.8, 4) is 11.5 Å². The van der Waals surface area contributed by atoms with E-state index in [4.69, 9.17) is 4.74 Å². The average molecular weight is 381 g/mol. The van der Waals surface area contributed by atoms with Gasteiger partial charge in [0.05, 0.1) is 12.2 Å². The molecule has 0 aromatic carbocycles. The van der Waals surface area contributed by atoms with E-state index in [1.165, 1.54) is 56.7 Å². The van der Waals surface area contributed by atoms with Crippen LogP contribution in [0.4, 0.5) is 0 Å². The summed E-state index contributed by atoms with van der Waals surface area (Å²) in [5.74, 6) is 2.98. The molecule has 1 N–H and O–H groups in total. The molecule has 4 heteroatoms. The van der Waals surface area contributed by atoms with Crippen LogP contribution in [0.2, 0.25) is 18.1 Å². The third kappa shape index (κ3) is 10.1. The van der Waals surface area contributed by atoms with Crippen LogP contribution in [0.5, 0.6) is 0 Å². The molecule has 0 saturated carbocycles. The number of rotatable bonds is 13. The van der Waals surface area contributed by atoms with Gasteiger partial charge in [-0.3, -0.25) is 0 Å². The van der Waals surface area contributed by atoms with Crippen molar-refractivity contribution in [3.63, 3.8) is 0 Å². The van der Waals surface area contributed by atoms with Gasteiger partial charge in [-0.1, -0.05) is 73.1 Å². The topological polar surface area (TPSA) is 46.5 Å². The highest BCUT2D eigenvalue weighted by Crippen LogP contribution is 2.28. The van der Waals surface area contributed by atoms with Crippen LogP contribution in [0.3, 0.4) is 0 Å². The molecule has 0 aliphatic carbocycles. The summed E-state index contributed by atoms with van der Waals surface area (Å²) in [7, 11) is -1.73. The molecule has 0 aromatic heterocycles. The maximum absolute atomic E-state index is 11.4. The maximum atomic E-state index is 11.4. The predicted molar refractivity (Wildman–Crippen MR) is 114 cm³/mol. The smallest absolute Gasteiger partial charge is 0.335 e. The molecule has 26 heavy (non-hydrogen) atoms. The molecule has 0 atom stereocenters. The second-order valence-corrected chi connectivity index (χ2v) is 12.1. The van der Waals surface area contributed by atoms with Gasteiger partial charge in [-0.2, -0.15) is 0 Å². The minimum Gasteiger partial charge on any atom is -0.485 e. The summed E-state index contributed by atoms with van der Waals surface area (Å²) in [6, 6.07) is 3.67. The molecule has 0 saturated heterocycles. The fourth-order valence-corrected chi connectivity index (χ4v) is 7.48. The van der Waals surface area contributed by atoms with Crippen LogP contribution in [0, 0.1) is 17.4 Å². The molecule has 0 unspecified atom stereocenters. The van der Waals surface area contributed by atoms with Crippen LogP contribution in [0.1, 0.15) is 80.1 Å². The number of carboxylic acid groups (broad SMARTS) is 1. The van der Waals surface area contributed by atoms with Crippen molar-refractivity contribution in [1.29, 1.82) is 0 Å². The molecular weight excluding hydrogens is 340 g/mol. The first-order chi connectivity index (χ1) is 12.3. The van der Waals surface area contributed by atoms with Crippen molar-refractivity contribution in [2.45, 2.75) is 98.2 Å². The SMILES string of the molecule is CCCC[Si](C#C/C(OCC(C)C)=C(/C)C(=O)O)(CCCC)CCCC. The summed E-state index contributed by atoms with van der Waals surface area (Å²) in [6.07, 6.45) is 7.23. The molecule has 0 spiro atoms. The predicted octanol–water partition coefficient (Wildman–Crippen LogP) is 6.41. The van der Waals surface area contributed by atoms with Crippen LogP contribution in [0.25, 0.3) is 0 Å². The molecule has 0 radical (unpaired) electrons. The lowest BCUT2D eigenvalue weighted by molar-refractivity contribution is -0.132. The van der Waals surface area contributed by atoms with Gasteiger partial charge in [-0.15, -0.1) is 5.54 Å². The van der Waals surface area contributed by atoms with Gasteiger partial charge < -0.3 is 9.84 Å². The fraction of sp³-hybridized carbons (Fsp3) is 0.773. The zero-order valence-corrected chi connectivity index (χ0v) is 18.9. The van der Waals surface area contributed by atoms with E-state index in [0.29, 0.717) is 18.3 Å². The lowest BCUT2D eigenvalue weighted by Gasteiger charge is -2.26. The van der Waals surface area contributed by atoms with Crippen LogP contribution in [-0.4, -0.2) is 25.8 Å². The second-order valence-electron chi connectivity index (χ2n) is 7.81. The number of hydrogen-bond donors (Lipinski definition) is 1. The number of carboxylic acids is 1. The van der Waals surface area contributed by atoms with E-state index < -0.39 is 14.0 Å². The Morgan fingerprint density at radius 1 is 1.00 bits per heavy atom. The van der Waals surface area contributed by atoms with Crippen molar-refractivity contribution in [1.82, 2.24) is 0 Å². The fourth-order valence-electron chi connectivity index (χ4n) is 2.88. The summed E-state index contributed by atoms with van der Waals surface area (Å²) in [5.41, 5.74) is 3.86. The Morgan fingerprint density at radius 3 is 1.81 bits per heavy atom. The first kappa shape index (κ1) is 24.8.